The molecule has 11 nitrogen and oxygen atoms in total. The number of aliphatic hydroxyl groups is 4. The lowest BCUT2D eigenvalue weighted by Crippen LogP contribution is -2.60. The van der Waals surface area contributed by atoms with E-state index in [1.54, 1.807) is 26.4 Å². The average molecular weight is 535 g/mol. The van der Waals surface area contributed by atoms with Gasteiger partial charge in [0.15, 0.2) is 23.0 Å². The fraction of sp³-hybridized carbons (Fsp3) is 0.556. The molecule has 0 unspecified atom stereocenters. The number of rotatable bonds is 8. The molecule has 3 aliphatic heterocycles. The zero-order chi connectivity index (χ0) is 27.0. The van der Waals surface area contributed by atoms with Crippen LogP contribution in [0.15, 0.2) is 36.4 Å². The summed E-state index contributed by atoms with van der Waals surface area (Å²) < 4.78 is 40.1. The van der Waals surface area contributed by atoms with E-state index in [0.717, 1.165) is 11.1 Å². The van der Waals surface area contributed by atoms with Crippen molar-refractivity contribution in [2.75, 3.05) is 41.2 Å². The number of benzene rings is 2. The third-order valence-electron chi connectivity index (χ3n) is 7.61. The fourth-order valence-electron chi connectivity index (χ4n) is 5.51. The quantitative estimate of drug-likeness (QED) is 0.384. The van der Waals surface area contributed by atoms with Crippen LogP contribution in [0.3, 0.4) is 0 Å². The van der Waals surface area contributed by atoms with Crippen LogP contribution in [0.5, 0.6) is 23.0 Å². The standard InChI is InChI=1S/C27H34O11/c1-32-17-6-4-13(8-19(17)33-2)25-15-11-36-26(16(15)12-35-25)14-5-7-18(20(9-14)34-3)37-27-24(31)23(30)22(29)21(10-28)38-27/h4-9,15-16,21-31H,10-12H2,1-3H3/t15-,16-,21+,22+,23-,24+,25+,26+,27+/m1/s1. The van der Waals surface area contributed by atoms with E-state index in [1.807, 2.05) is 24.3 Å². The Hall–Kier alpha value is -2.64. The summed E-state index contributed by atoms with van der Waals surface area (Å²) in [4.78, 5) is 0. The monoisotopic (exact) mass is 534 g/mol. The van der Waals surface area contributed by atoms with Crippen molar-refractivity contribution >= 4 is 0 Å². The first-order valence-corrected chi connectivity index (χ1v) is 12.5. The van der Waals surface area contributed by atoms with Crippen LogP contribution in [0.2, 0.25) is 0 Å². The summed E-state index contributed by atoms with van der Waals surface area (Å²) in [6.07, 6.45) is -7.29. The van der Waals surface area contributed by atoms with Gasteiger partial charge in [-0.15, -0.1) is 0 Å². The molecular formula is C27H34O11. The van der Waals surface area contributed by atoms with Crippen molar-refractivity contribution in [2.45, 2.75) is 42.9 Å². The highest BCUT2D eigenvalue weighted by atomic mass is 16.7. The molecule has 0 saturated carbocycles. The summed E-state index contributed by atoms with van der Waals surface area (Å²) in [5.41, 5.74) is 1.88. The van der Waals surface area contributed by atoms with Gasteiger partial charge < -0.3 is 53.6 Å². The van der Waals surface area contributed by atoms with Crippen LogP contribution >= 0.6 is 0 Å². The molecule has 208 valence electrons. The Morgan fingerprint density at radius 3 is 1.76 bits per heavy atom. The number of hydrogen-bond donors (Lipinski definition) is 4. The second kappa shape index (κ2) is 11.2. The molecule has 5 rings (SSSR count). The zero-order valence-electron chi connectivity index (χ0n) is 21.4. The average Bonchev–Trinajstić information content (AvgIpc) is 3.55. The molecule has 11 heteroatoms. The van der Waals surface area contributed by atoms with Gasteiger partial charge in [-0.05, 0) is 35.4 Å². The molecule has 3 saturated heterocycles. The van der Waals surface area contributed by atoms with Crippen molar-refractivity contribution in [1.29, 1.82) is 0 Å². The number of aliphatic hydroxyl groups excluding tert-OH is 4. The molecule has 0 amide bonds. The lowest BCUT2D eigenvalue weighted by atomic mass is 9.85. The van der Waals surface area contributed by atoms with Gasteiger partial charge in [0.1, 0.15) is 24.4 Å². The van der Waals surface area contributed by atoms with Crippen molar-refractivity contribution in [3.8, 4) is 23.0 Å². The molecule has 9 atom stereocenters. The van der Waals surface area contributed by atoms with Crippen LogP contribution in [-0.4, -0.2) is 92.3 Å². The highest BCUT2D eigenvalue weighted by Crippen LogP contribution is 2.51. The summed E-state index contributed by atoms with van der Waals surface area (Å²) in [5.74, 6) is 2.21. The third-order valence-corrected chi connectivity index (χ3v) is 7.61. The summed E-state index contributed by atoms with van der Waals surface area (Å²) in [6, 6.07) is 11.1. The number of fused-ring (bicyclic) bond motifs is 1. The second-order valence-corrected chi connectivity index (χ2v) is 9.68. The van der Waals surface area contributed by atoms with E-state index in [-0.39, 0.29) is 29.8 Å². The van der Waals surface area contributed by atoms with E-state index in [2.05, 4.69) is 0 Å². The molecule has 2 aromatic rings. The summed E-state index contributed by atoms with van der Waals surface area (Å²) >= 11 is 0. The Morgan fingerprint density at radius 2 is 1.24 bits per heavy atom. The summed E-state index contributed by atoms with van der Waals surface area (Å²) in [5, 5.41) is 39.8. The van der Waals surface area contributed by atoms with Crippen LogP contribution < -0.4 is 18.9 Å². The van der Waals surface area contributed by atoms with Crippen molar-refractivity contribution in [2.24, 2.45) is 11.8 Å². The Balaban J connectivity index is 1.31. The molecule has 2 aromatic carbocycles. The molecule has 4 N–H and O–H groups in total. The van der Waals surface area contributed by atoms with E-state index >= 15 is 0 Å². The van der Waals surface area contributed by atoms with Gasteiger partial charge in [0, 0.05) is 11.8 Å². The predicted octanol–water partition coefficient (Wildman–Crippen LogP) is 0.966. The Kier molecular flexibility index (Phi) is 7.96. The maximum absolute atomic E-state index is 10.3. The summed E-state index contributed by atoms with van der Waals surface area (Å²) in [6.45, 7) is 0.508. The van der Waals surface area contributed by atoms with Gasteiger partial charge in [-0.2, -0.15) is 0 Å². The normalized spacial score (nSPS) is 34.6. The van der Waals surface area contributed by atoms with Crippen molar-refractivity contribution < 1.29 is 53.6 Å². The highest BCUT2D eigenvalue weighted by Gasteiger charge is 2.49. The maximum Gasteiger partial charge on any atom is 0.229 e. The fourth-order valence-corrected chi connectivity index (χ4v) is 5.51. The molecule has 0 bridgehead atoms. The van der Waals surface area contributed by atoms with Crippen molar-refractivity contribution in [3.63, 3.8) is 0 Å². The van der Waals surface area contributed by atoms with E-state index in [4.69, 9.17) is 33.2 Å². The number of hydrogen-bond acceptors (Lipinski definition) is 11. The molecule has 0 aliphatic carbocycles. The topological polar surface area (TPSA) is 146 Å². The minimum Gasteiger partial charge on any atom is -0.493 e. The van der Waals surface area contributed by atoms with E-state index in [1.165, 1.54) is 7.11 Å². The van der Waals surface area contributed by atoms with Gasteiger partial charge in [-0.3, -0.25) is 0 Å². The third kappa shape index (κ3) is 4.79. The maximum atomic E-state index is 10.3. The molecular weight excluding hydrogens is 500 g/mol. The number of methoxy groups -OCH3 is 3. The van der Waals surface area contributed by atoms with Crippen LogP contribution in [0.1, 0.15) is 23.3 Å². The lowest BCUT2D eigenvalue weighted by molar-refractivity contribution is -0.277. The van der Waals surface area contributed by atoms with E-state index in [9.17, 15) is 20.4 Å². The van der Waals surface area contributed by atoms with Crippen molar-refractivity contribution in [1.82, 2.24) is 0 Å². The number of ether oxygens (including phenoxy) is 7. The van der Waals surface area contributed by atoms with E-state index < -0.39 is 37.3 Å². The Morgan fingerprint density at radius 1 is 0.711 bits per heavy atom. The van der Waals surface area contributed by atoms with Crippen LogP contribution in [0, 0.1) is 11.8 Å². The van der Waals surface area contributed by atoms with Crippen LogP contribution in [-0.2, 0) is 14.2 Å². The second-order valence-electron chi connectivity index (χ2n) is 9.68. The minimum absolute atomic E-state index is 0.120. The van der Waals surface area contributed by atoms with Crippen LogP contribution in [0.4, 0.5) is 0 Å². The zero-order valence-corrected chi connectivity index (χ0v) is 21.4. The minimum atomic E-state index is -1.54. The molecule has 38 heavy (non-hydrogen) atoms. The molecule has 0 radical (unpaired) electrons. The van der Waals surface area contributed by atoms with Gasteiger partial charge in [0.05, 0.1) is 53.4 Å². The first-order valence-electron chi connectivity index (χ1n) is 12.5. The van der Waals surface area contributed by atoms with Gasteiger partial charge in [0.2, 0.25) is 6.29 Å². The molecule has 3 heterocycles. The predicted molar refractivity (Wildman–Crippen MR) is 131 cm³/mol. The first kappa shape index (κ1) is 26.9. The van der Waals surface area contributed by atoms with Gasteiger partial charge in [-0.25, -0.2) is 0 Å². The SMILES string of the molecule is COc1ccc([C@@H]2OC[C@@H]3[C@H]2CO[C@H]3c2ccc(O[C@H]3O[C@@H](CO)[C@H](O)[C@@H](O)[C@@H]3O)c(OC)c2)cc1OC. The van der Waals surface area contributed by atoms with Gasteiger partial charge in [-0.1, -0.05) is 12.1 Å². The summed E-state index contributed by atoms with van der Waals surface area (Å²) in [7, 11) is 4.69. The van der Waals surface area contributed by atoms with E-state index in [0.29, 0.717) is 30.5 Å². The molecule has 3 aliphatic rings. The largest absolute Gasteiger partial charge is 0.493 e. The lowest BCUT2D eigenvalue weighted by Gasteiger charge is -2.39. The molecule has 3 fully saturated rings. The Bertz CT molecular complexity index is 1110. The Labute approximate surface area is 220 Å². The molecule has 0 aromatic heterocycles. The molecule has 0 spiro atoms. The van der Waals surface area contributed by atoms with Gasteiger partial charge in [0.25, 0.3) is 0 Å². The smallest absolute Gasteiger partial charge is 0.229 e. The first-order chi connectivity index (χ1) is 18.4. The highest BCUT2D eigenvalue weighted by molar-refractivity contribution is 5.45. The van der Waals surface area contributed by atoms with Crippen molar-refractivity contribution in [3.05, 3.63) is 47.5 Å². The van der Waals surface area contributed by atoms with Gasteiger partial charge >= 0.3 is 0 Å². The van der Waals surface area contributed by atoms with Crippen LogP contribution in [0.25, 0.3) is 0 Å².